The molecule has 1 aliphatic carbocycles. The first-order valence-corrected chi connectivity index (χ1v) is 12.0. The van der Waals surface area contributed by atoms with Gasteiger partial charge >= 0.3 is 6.18 Å². The maximum Gasteiger partial charge on any atom is 0.434 e. The maximum atomic E-state index is 13.2. The second kappa shape index (κ2) is 8.78. The van der Waals surface area contributed by atoms with Crippen molar-refractivity contribution in [1.29, 1.82) is 0 Å². The molecule has 0 aliphatic heterocycles. The SMILES string of the molecule is Cc1cc(C)cc(C2C(C(=O)Nc3ccc(C)c(NC(=O)c4nc(C(F)(F)F)cs4)c3)C2(C)C)c1. The lowest BCUT2D eigenvalue weighted by atomic mass is 9.99. The molecule has 0 bridgehead atoms. The van der Waals surface area contributed by atoms with E-state index < -0.39 is 17.8 Å². The van der Waals surface area contributed by atoms with Crippen molar-refractivity contribution in [2.24, 2.45) is 11.3 Å². The third kappa shape index (κ3) is 5.10. The van der Waals surface area contributed by atoms with Crippen LogP contribution in [0.25, 0.3) is 0 Å². The summed E-state index contributed by atoms with van der Waals surface area (Å²) in [5.41, 5.74) is 3.73. The summed E-state index contributed by atoms with van der Waals surface area (Å²) in [6.07, 6.45) is -4.61. The number of carbonyl (C=O) groups excluding carboxylic acids is 2. The second-order valence-corrected chi connectivity index (χ2v) is 10.6. The number of nitrogens with zero attached hydrogens (tertiary/aromatic N) is 1. The van der Waals surface area contributed by atoms with Crippen molar-refractivity contribution in [1.82, 2.24) is 4.98 Å². The standard InChI is InChI=1S/C26H26F3N3O2S/c1-13-8-14(2)10-16(9-13)20-21(25(20,4)5)22(33)30-17-7-6-15(3)18(11-17)31-23(34)24-32-19(12-35-24)26(27,28)29/h6-12,20-21H,1-5H3,(H,30,33)(H,31,34). The summed E-state index contributed by atoms with van der Waals surface area (Å²) >= 11 is 0.624. The zero-order chi connectivity index (χ0) is 25.7. The third-order valence-corrected chi connectivity index (χ3v) is 7.30. The molecule has 0 spiro atoms. The van der Waals surface area contributed by atoms with Crippen molar-refractivity contribution in [2.45, 2.75) is 46.7 Å². The summed E-state index contributed by atoms with van der Waals surface area (Å²) in [5, 5.41) is 6.06. The van der Waals surface area contributed by atoms with Crippen LogP contribution in [-0.4, -0.2) is 16.8 Å². The summed E-state index contributed by atoms with van der Waals surface area (Å²) in [5.74, 6) is -0.970. The van der Waals surface area contributed by atoms with Gasteiger partial charge in [-0.1, -0.05) is 49.2 Å². The molecule has 2 amide bonds. The monoisotopic (exact) mass is 501 g/mol. The average molecular weight is 502 g/mol. The van der Waals surface area contributed by atoms with Crippen LogP contribution in [0.5, 0.6) is 0 Å². The molecule has 184 valence electrons. The highest BCUT2D eigenvalue weighted by Crippen LogP contribution is 2.64. The normalized spacial score (nSPS) is 18.7. The molecule has 4 rings (SSSR count). The van der Waals surface area contributed by atoms with E-state index in [1.807, 2.05) is 13.8 Å². The minimum atomic E-state index is -4.61. The van der Waals surface area contributed by atoms with Crippen molar-refractivity contribution in [2.75, 3.05) is 10.6 Å². The first-order chi connectivity index (χ1) is 16.3. The van der Waals surface area contributed by atoms with Crippen LogP contribution in [0.1, 0.15) is 57.5 Å². The average Bonchev–Trinajstić information content (AvgIpc) is 3.08. The highest BCUT2D eigenvalue weighted by atomic mass is 32.1. The van der Waals surface area contributed by atoms with E-state index in [-0.39, 0.29) is 28.2 Å². The number of thiazole rings is 1. The second-order valence-electron chi connectivity index (χ2n) is 9.71. The predicted molar refractivity (Wildman–Crippen MR) is 131 cm³/mol. The molecule has 1 saturated carbocycles. The molecule has 9 heteroatoms. The molecule has 2 atom stereocenters. The Balaban J connectivity index is 1.48. The Labute approximate surface area is 205 Å². The topological polar surface area (TPSA) is 71.1 Å². The van der Waals surface area contributed by atoms with Gasteiger partial charge in [0, 0.05) is 22.7 Å². The molecule has 1 fully saturated rings. The number of nitrogens with one attached hydrogen (secondary N) is 2. The number of rotatable bonds is 5. The molecule has 2 N–H and O–H groups in total. The molecule has 1 aliphatic rings. The van der Waals surface area contributed by atoms with E-state index in [0.29, 0.717) is 28.3 Å². The Hall–Kier alpha value is -3.20. The highest BCUT2D eigenvalue weighted by molar-refractivity contribution is 7.11. The minimum Gasteiger partial charge on any atom is -0.326 e. The van der Waals surface area contributed by atoms with Gasteiger partial charge in [0.05, 0.1) is 5.92 Å². The van der Waals surface area contributed by atoms with Crippen LogP contribution < -0.4 is 10.6 Å². The van der Waals surface area contributed by atoms with Gasteiger partial charge in [-0.15, -0.1) is 11.3 Å². The number of alkyl halides is 3. The first kappa shape index (κ1) is 24.9. The smallest absolute Gasteiger partial charge is 0.326 e. The number of aromatic nitrogens is 1. The van der Waals surface area contributed by atoms with Crippen molar-refractivity contribution < 1.29 is 22.8 Å². The van der Waals surface area contributed by atoms with Gasteiger partial charge in [0.25, 0.3) is 5.91 Å². The van der Waals surface area contributed by atoms with Gasteiger partial charge in [-0.25, -0.2) is 4.98 Å². The minimum absolute atomic E-state index is 0.0958. The Bertz CT molecular complexity index is 1290. The summed E-state index contributed by atoms with van der Waals surface area (Å²) in [6, 6.07) is 11.4. The van der Waals surface area contributed by atoms with Crippen molar-refractivity contribution in [3.8, 4) is 0 Å². The van der Waals surface area contributed by atoms with Crippen LogP contribution in [0, 0.1) is 32.1 Å². The van der Waals surface area contributed by atoms with Crippen LogP contribution in [0.2, 0.25) is 0 Å². The van der Waals surface area contributed by atoms with Crippen molar-refractivity contribution in [3.63, 3.8) is 0 Å². The number of carbonyl (C=O) groups is 2. The Morgan fingerprint density at radius 2 is 1.66 bits per heavy atom. The molecule has 1 aromatic heterocycles. The number of halogens is 3. The molecular formula is C26H26F3N3O2S. The fraction of sp³-hybridized carbons (Fsp3) is 0.346. The van der Waals surface area contributed by atoms with Gasteiger partial charge in [-0.05, 0) is 49.4 Å². The maximum absolute atomic E-state index is 13.2. The molecule has 1 heterocycles. The van der Waals surface area contributed by atoms with Gasteiger partial charge in [0.1, 0.15) is 0 Å². The summed E-state index contributed by atoms with van der Waals surface area (Å²) < 4.78 is 38.4. The number of anilines is 2. The molecule has 35 heavy (non-hydrogen) atoms. The number of hydrogen-bond acceptors (Lipinski definition) is 4. The van der Waals surface area contributed by atoms with Crippen LogP contribution in [0.4, 0.5) is 24.5 Å². The van der Waals surface area contributed by atoms with E-state index in [1.54, 1.807) is 25.1 Å². The first-order valence-electron chi connectivity index (χ1n) is 11.1. The van der Waals surface area contributed by atoms with E-state index in [2.05, 4.69) is 47.7 Å². The van der Waals surface area contributed by atoms with E-state index in [1.165, 1.54) is 0 Å². The molecule has 0 saturated heterocycles. The lowest BCUT2D eigenvalue weighted by Gasteiger charge is -2.11. The fourth-order valence-corrected chi connectivity index (χ4v) is 5.40. The third-order valence-electron chi connectivity index (χ3n) is 6.46. The van der Waals surface area contributed by atoms with Gasteiger partial charge < -0.3 is 10.6 Å². The quantitative estimate of drug-likeness (QED) is 0.408. The predicted octanol–water partition coefficient (Wildman–Crippen LogP) is 6.72. The highest BCUT2D eigenvalue weighted by Gasteiger charge is 2.62. The van der Waals surface area contributed by atoms with Crippen LogP contribution in [0.3, 0.4) is 0 Å². The van der Waals surface area contributed by atoms with Crippen LogP contribution in [-0.2, 0) is 11.0 Å². The molecule has 5 nitrogen and oxygen atoms in total. The van der Waals surface area contributed by atoms with Gasteiger partial charge in [-0.3, -0.25) is 9.59 Å². The molecule has 2 unspecified atom stereocenters. The van der Waals surface area contributed by atoms with Crippen LogP contribution in [0.15, 0.2) is 41.8 Å². The van der Waals surface area contributed by atoms with Crippen LogP contribution >= 0.6 is 11.3 Å². The molecular weight excluding hydrogens is 475 g/mol. The lowest BCUT2D eigenvalue weighted by molar-refractivity contribution is -0.140. The largest absolute Gasteiger partial charge is 0.434 e. The van der Waals surface area contributed by atoms with E-state index in [0.717, 1.165) is 22.1 Å². The van der Waals surface area contributed by atoms with E-state index >= 15 is 0 Å². The lowest BCUT2D eigenvalue weighted by Crippen LogP contribution is -2.18. The molecule has 3 aromatic rings. The summed E-state index contributed by atoms with van der Waals surface area (Å²) in [7, 11) is 0. The summed E-state index contributed by atoms with van der Waals surface area (Å²) in [6.45, 7) is 9.98. The summed E-state index contributed by atoms with van der Waals surface area (Å²) in [4.78, 5) is 29.0. The number of benzene rings is 2. The Morgan fingerprint density at radius 1 is 1.00 bits per heavy atom. The van der Waals surface area contributed by atoms with E-state index in [4.69, 9.17) is 0 Å². The Morgan fingerprint density at radius 3 is 2.26 bits per heavy atom. The zero-order valence-corrected chi connectivity index (χ0v) is 20.8. The number of aryl methyl sites for hydroxylation is 3. The molecule has 2 aromatic carbocycles. The fourth-order valence-electron chi connectivity index (χ4n) is 4.68. The number of hydrogen-bond donors (Lipinski definition) is 2. The van der Waals surface area contributed by atoms with Gasteiger partial charge in [0.2, 0.25) is 5.91 Å². The zero-order valence-electron chi connectivity index (χ0n) is 20.0. The molecule has 0 radical (unpaired) electrons. The van der Waals surface area contributed by atoms with Gasteiger partial charge in [0.15, 0.2) is 10.7 Å². The Kier molecular flexibility index (Phi) is 6.25. The van der Waals surface area contributed by atoms with Crippen molar-refractivity contribution >= 4 is 34.5 Å². The van der Waals surface area contributed by atoms with Gasteiger partial charge in [-0.2, -0.15) is 13.2 Å². The van der Waals surface area contributed by atoms with E-state index in [9.17, 15) is 22.8 Å². The van der Waals surface area contributed by atoms with Crippen molar-refractivity contribution in [3.05, 3.63) is 74.7 Å². The number of amides is 2.